The fourth-order valence-electron chi connectivity index (χ4n) is 4.62. The van der Waals surface area contributed by atoms with Crippen molar-refractivity contribution in [1.82, 2.24) is 4.90 Å². The molecule has 162 valence electrons. The van der Waals surface area contributed by atoms with Gasteiger partial charge < -0.3 is 14.7 Å². The zero-order valence-corrected chi connectivity index (χ0v) is 19.1. The predicted octanol–water partition coefficient (Wildman–Crippen LogP) is 0.823. The lowest BCUT2D eigenvalue weighted by molar-refractivity contribution is -0.892. The van der Waals surface area contributed by atoms with E-state index in [1.807, 2.05) is 11.8 Å². The Morgan fingerprint density at radius 1 is 1.28 bits per heavy atom. The normalized spacial score (nSPS) is 23.2. The standard InChI is InChI=1S/C22H35N3O3S/c1-5-18(3)25(20-9-14-29(27,28)16-20)22(26)15-23-10-12-24(13-11-23)21-8-6-7-17(2)19(21)4/h6-8,18,20H,5,9-16H2,1-4H3/p+1/t18-,20-/m0/s1. The number of rotatable bonds is 6. The second kappa shape index (κ2) is 9.04. The summed E-state index contributed by atoms with van der Waals surface area (Å²) in [5, 5.41) is 0. The molecule has 0 unspecified atom stereocenters. The number of carbonyl (C=O) groups is 1. The van der Waals surface area contributed by atoms with Crippen LogP contribution < -0.4 is 9.80 Å². The minimum absolute atomic E-state index is 0.0800. The van der Waals surface area contributed by atoms with Crippen LogP contribution in [-0.2, 0) is 14.6 Å². The Balaban J connectivity index is 1.61. The first kappa shape index (κ1) is 22.1. The van der Waals surface area contributed by atoms with Crippen LogP contribution in [-0.4, -0.2) is 75.5 Å². The molecule has 7 heteroatoms. The van der Waals surface area contributed by atoms with E-state index in [0.29, 0.717) is 13.0 Å². The molecule has 1 amide bonds. The third-order valence-electron chi connectivity index (χ3n) is 6.74. The Hall–Kier alpha value is -1.60. The van der Waals surface area contributed by atoms with Crippen LogP contribution >= 0.6 is 0 Å². The number of aryl methyl sites for hydroxylation is 1. The van der Waals surface area contributed by atoms with Crippen molar-refractivity contribution < 1.29 is 18.1 Å². The summed E-state index contributed by atoms with van der Waals surface area (Å²) in [6.07, 6.45) is 1.42. The quantitative estimate of drug-likeness (QED) is 0.738. The van der Waals surface area contributed by atoms with E-state index in [0.717, 1.165) is 32.6 Å². The number of nitrogens with one attached hydrogen (secondary N) is 1. The minimum atomic E-state index is -3.00. The number of quaternary nitrogens is 1. The fourth-order valence-corrected chi connectivity index (χ4v) is 6.34. The summed E-state index contributed by atoms with van der Waals surface area (Å²) in [5.74, 6) is 0.439. The lowest BCUT2D eigenvalue weighted by Crippen LogP contribution is -3.16. The molecule has 0 radical (unpaired) electrons. The highest BCUT2D eigenvalue weighted by atomic mass is 32.2. The van der Waals surface area contributed by atoms with Crippen molar-refractivity contribution >= 4 is 21.4 Å². The summed E-state index contributed by atoms with van der Waals surface area (Å²) in [7, 11) is -3.00. The molecule has 0 aliphatic carbocycles. The van der Waals surface area contributed by atoms with Crippen molar-refractivity contribution in [2.45, 2.75) is 52.6 Å². The van der Waals surface area contributed by atoms with E-state index < -0.39 is 9.84 Å². The van der Waals surface area contributed by atoms with Gasteiger partial charge in [0.05, 0.1) is 37.7 Å². The molecule has 2 saturated heterocycles. The van der Waals surface area contributed by atoms with Crippen molar-refractivity contribution in [1.29, 1.82) is 0 Å². The first-order valence-electron chi connectivity index (χ1n) is 10.9. The van der Waals surface area contributed by atoms with Crippen molar-refractivity contribution in [2.24, 2.45) is 0 Å². The van der Waals surface area contributed by atoms with E-state index in [-0.39, 0.29) is 29.5 Å². The third-order valence-corrected chi connectivity index (χ3v) is 8.49. The number of hydrogen-bond donors (Lipinski definition) is 1. The average Bonchev–Trinajstić information content (AvgIpc) is 3.04. The number of hydrogen-bond acceptors (Lipinski definition) is 4. The largest absolute Gasteiger partial charge is 0.360 e. The zero-order valence-electron chi connectivity index (χ0n) is 18.3. The van der Waals surface area contributed by atoms with Gasteiger partial charge in [-0.3, -0.25) is 4.79 Å². The Kier molecular flexibility index (Phi) is 6.89. The van der Waals surface area contributed by atoms with Crippen LogP contribution in [0.4, 0.5) is 5.69 Å². The van der Waals surface area contributed by atoms with Crippen LogP contribution in [0.1, 0.15) is 37.8 Å². The van der Waals surface area contributed by atoms with E-state index in [4.69, 9.17) is 0 Å². The van der Waals surface area contributed by atoms with Crippen LogP contribution in [0.3, 0.4) is 0 Å². The van der Waals surface area contributed by atoms with Gasteiger partial charge in [-0.15, -0.1) is 0 Å². The van der Waals surface area contributed by atoms with Gasteiger partial charge in [0.2, 0.25) is 0 Å². The van der Waals surface area contributed by atoms with Gasteiger partial charge in [0.1, 0.15) is 0 Å². The summed E-state index contributed by atoms with van der Waals surface area (Å²) in [6, 6.07) is 6.37. The summed E-state index contributed by atoms with van der Waals surface area (Å²) < 4.78 is 23.9. The van der Waals surface area contributed by atoms with Gasteiger partial charge >= 0.3 is 0 Å². The molecule has 2 aliphatic rings. The molecule has 1 aromatic carbocycles. The first-order valence-corrected chi connectivity index (χ1v) is 12.7. The van der Waals surface area contributed by atoms with Gasteiger partial charge in [-0.2, -0.15) is 0 Å². The SMILES string of the molecule is CC[C@H](C)N(C(=O)C[NH+]1CCN(c2cccc(C)c2C)CC1)[C@H]1CCS(=O)(=O)C1. The van der Waals surface area contributed by atoms with E-state index >= 15 is 0 Å². The second-order valence-corrected chi connectivity index (χ2v) is 11.0. The highest BCUT2D eigenvalue weighted by molar-refractivity contribution is 7.91. The third kappa shape index (κ3) is 5.12. The molecule has 1 aromatic rings. The molecule has 0 spiro atoms. The summed E-state index contributed by atoms with van der Waals surface area (Å²) in [6.45, 7) is 12.6. The second-order valence-electron chi connectivity index (χ2n) is 8.75. The molecule has 3 rings (SSSR count). The van der Waals surface area contributed by atoms with Gasteiger partial charge in [0.15, 0.2) is 16.4 Å². The zero-order chi connectivity index (χ0) is 21.2. The van der Waals surface area contributed by atoms with Crippen molar-refractivity contribution in [3.8, 4) is 0 Å². The van der Waals surface area contributed by atoms with Crippen LogP contribution in [0.2, 0.25) is 0 Å². The number of sulfone groups is 1. The van der Waals surface area contributed by atoms with Crippen LogP contribution in [0.25, 0.3) is 0 Å². The van der Waals surface area contributed by atoms with E-state index in [2.05, 4.69) is 43.9 Å². The highest BCUT2D eigenvalue weighted by Gasteiger charge is 2.38. The number of benzene rings is 1. The topological polar surface area (TPSA) is 62.1 Å². The molecule has 1 N–H and O–H groups in total. The summed E-state index contributed by atoms with van der Waals surface area (Å²) >= 11 is 0. The molecule has 0 bridgehead atoms. The van der Waals surface area contributed by atoms with E-state index in [1.54, 1.807) is 0 Å². The molecule has 6 nitrogen and oxygen atoms in total. The summed E-state index contributed by atoms with van der Waals surface area (Å²) in [5.41, 5.74) is 3.94. The van der Waals surface area contributed by atoms with Crippen LogP contribution in [0.5, 0.6) is 0 Å². The molecule has 2 heterocycles. The molecule has 2 atom stereocenters. The Morgan fingerprint density at radius 3 is 2.55 bits per heavy atom. The maximum atomic E-state index is 13.2. The Morgan fingerprint density at radius 2 is 1.97 bits per heavy atom. The lowest BCUT2D eigenvalue weighted by atomic mass is 10.1. The molecule has 0 aromatic heterocycles. The smallest absolute Gasteiger partial charge is 0.278 e. The number of anilines is 1. The van der Waals surface area contributed by atoms with Gasteiger partial charge in [-0.25, -0.2) is 8.42 Å². The van der Waals surface area contributed by atoms with Crippen LogP contribution in [0, 0.1) is 13.8 Å². The van der Waals surface area contributed by atoms with Gasteiger partial charge in [-0.1, -0.05) is 19.1 Å². The average molecular weight is 423 g/mol. The number of nitrogens with zero attached hydrogens (tertiary/aromatic N) is 2. The van der Waals surface area contributed by atoms with Crippen LogP contribution in [0.15, 0.2) is 18.2 Å². The maximum Gasteiger partial charge on any atom is 0.278 e. The number of amides is 1. The monoisotopic (exact) mass is 422 g/mol. The summed E-state index contributed by atoms with van der Waals surface area (Å²) in [4.78, 5) is 18.8. The highest BCUT2D eigenvalue weighted by Crippen LogP contribution is 2.23. The van der Waals surface area contributed by atoms with Crippen molar-refractivity contribution in [3.05, 3.63) is 29.3 Å². The van der Waals surface area contributed by atoms with Gasteiger partial charge in [-0.05, 0) is 50.8 Å². The molecule has 0 saturated carbocycles. The van der Waals surface area contributed by atoms with E-state index in [1.165, 1.54) is 21.7 Å². The maximum absolute atomic E-state index is 13.2. The molecule has 2 fully saturated rings. The predicted molar refractivity (Wildman–Crippen MR) is 117 cm³/mol. The molecule has 2 aliphatic heterocycles. The van der Waals surface area contributed by atoms with Gasteiger partial charge in [0, 0.05) is 17.8 Å². The molecular weight excluding hydrogens is 386 g/mol. The molecule has 29 heavy (non-hydrogen) atoms. The fraction of sp³-hybridized carbons (Fsp3) is 0.682. The molecular formula is C22H36N3O3S+. The first-order chi connectivity index (χ1) is 13.7. The Labute approximate surface area is 175 Å². The van der Waals surface area contributed by atoms with Crippen molar-refractivity contribution in [2.75, 3.05) is 49.1 Å². The minimum Gasteiger partial charge on any atom is -0.360 e. The lowest BCUT2D eigenvalue weighted by Gasteiger charge is -2.37. The van der Waals surface area contributed by atoms with Gasteiger partial charge in [0.25, 0.3) is 5.91 Å². The number of carbonyl (C=O) groups excluding carboxylic acids is 1. The van der Waals surface area contributed by atoms with Crippen molar-refractivity contribution in [3.63, 3.8) is 0 Å². The number of piperazine rings is 1. The van der Waals surface area contributed by atoms with E-state index in [9.17, 15) is 13.2 Å². The Bertz CT molecular complexity index is 832.